The van der Waals surface area contributed by atoms with Crippen molar-refractivity contribution in [3.63, 3.8) is 0 Å². The Bertz CT molecular complexity index is 473. The van der Waals surface area contributed by atoms with Gasteiger partial charge in [0, 0.05) is 43.4 Å². The minimum absolute atomic E-state index is 0.0987. The molecule has 1 aliphatic heterocycles. The molecule has 0 aromatic carbocycles. The molecule has 0 bridgehead atoms. The zero-order valence-electron chi connectivity index (χ0n) is 18.4. The zero-order valence-corrected chi connectivity index (χ0v) is 18.4. The number of guanidine groups is 1. The van der Waals surface area contributed by atoms with Crippen LogP contribution in [0.2, 0.25) is 0 Å². The number of ether oxygens (including phenoxy) is 2. The maximum Gasteiger partial charge on any atom is 0.191 e. The molecule has 2 aliphatic rings. The van der Waals surface area contributed by atoms with Gasteiger partial charge in [0.15, 0.2) is 5.96 Å². The van der Waals surface area contributed by atoms with Gasteiger partial charge in [0.05, 0.1) is 12.6 Å². The molecule has 2 unspecified atom stereocenters. The van der Waals surface area contributed by atoms with Crippen molar-refractivity contribution in [3.05, 3.63) is 0 Å². The largest absolute Gasteiger partial charge is 0.381 e. The number of rotatable bonds is 9. The Balaban J connectivity index is 1.95. The standard InChI is InChI=1S/C21H42N4O2/c1-7-9-12-27-18-15-17(20(18,3)4)24-19(22-8-2)23-16-21(25(5)6)10-13-26-14-11-21/h17-18H,7-16H2,1-6H3,(H2,22,23,24). The molecule has 0 spiro atoms. The normalized spacial score (nSPS) is 27.3. The van der Waals surface area contributed by atoms with E-state index in [0.29, 0.717) is 12.1 Å². The Labute approximate surface area is 166 Å². The van der Waals surface area contributed by atoms with Crippen LogP contribution in [0.15, 0.2) is 4.99 Å². The summed E-state index contributed by atoms with van der Waals surface area (Å²) in [7, 11) is 4.32. The van der Waals surface area contributed by atoms with Crippen LogP contribution in [0.3, 0.4) is 0 Å². The average molecular weight is 383 g/mol. The summed E-state index contributed by atoms with van der Waals surface area (Å²) in [5.74, 6) is 0.926. The molecular weight excluding hydrogens is 340 g/mol. The lowest BCUT2D eigenvalue weighted by molar-refractivity contribution is -0.113. The van der Waals surface area contributed by atoms with E-state index in [1.54, 1.807) is 0 Å². The van der Waals surface area contributed by atoms with Crippen LogP contribution in [-0.2, 0) is 9.47 Å². The van der Waals surface area contributed by atoms with Crippen LogP contribution in [0.5, 0.6) is 0 Å². The molecule has 1 saturated carbocycles. The fraction of sp³-hybridized carbons (Fsp3) is 0.952. The molecule has 2 fully saturated rings. The minimum atomic E-state index is 0.0987. The van der Waals surface area contributed by atoms with Gasteiger partial charge in [-0.1, -0.05) is 27.2 Å². The second-order valence-electron chi connectivity index (χ2n) is 8.89. The van der Waals surface area contributed by atoms with Crippen LogP contribution in [0.1, 0.15) is 59.8 Å². The van der Waals surface area contributed by atoms with Crippen molar-refractivity contribution in [2.45, 2.75) is 77.5 Å². The molecule has 0 amide bonds. The molecule has 1 heterocycles. The first-order valence-corrected chi connectivity index (χ1v) is 10.8. The van der Waals surface area contributed by atoms with Crippen molar-refractivity contribution in [3.8, 4) is 0 Å². The Kier molecular flexibility index (Phi) is 8.38. The fourth-order valence-electron chi connectivity index (χ4n) is 3.99. The quantitative estimate of drug-likeness (QED) is 0.365. The number of nitrogens with zero attached hydrogens (tertiary/aromatic N) is 2. The third kappa shape index (κ3) is 5.58. The van der Waals surface area contributed by atoms with Gasteiger partial charge in [-0.3, -0.25) is 4.99 Å². The molecule has 6 nitrogen and oxygen atoms in total. The Morgan fingerprint density at radius 1 is 1.22 bits per heavy atom. The predicted octanol–water partition coefficient (Wildman–Crippen LogP) is 2.64. The number of likely N-dealkylation sites (N-methyl/N-ethyl adjacent to an activating group) is 1. The van der Waals surface area contributed by atoms with Gasteiger partial charge >= 0.3 is 0 Å². The molecule has 1 aliphatic carbocycles. The van der Waals surface area contributed by atoms with Gasteiger partial charge in [0.25, 0.3) is 0 Å². The molecule has 27 heavy (non-hydrogen) atoms. The van der Waals surface area contributed by atoms with Gasteiger partial charge in [-0.05, 0) is 46.7 Å². The zero-order chi connectivity index (χ0) is 19.9. The molecule has 6 heteroatoms. The van der Waals surface area contributed by atoms with Gasteiger partial charge < -0.3 is 25.0 Å². The Morgan fingerprint density at radius 3 is 2.48 bits per heavy atom. The highest BCUT2D eigenvalue weighted by molar-refractivity contribution is 5.80. The van der Waals surface area contributed by atoms with E-state index in [2.05, 4.69) is 57.3 Å². The fourth-order valence-corrected chi connectivity index (χ4v) is 3.99. The van der Waals surface area contributed by atoms with Crippen LogP contribution in [0.25, 0.3) is 0 Å². The van der Waals surface area contributed by atoms with Gasteiger partial charge in [0.2, 0.25) is 0 Å². The van der Waals surface area contributed by atoms with E-state index in [-0.39, 0.29) is 11.0 Å². The molecule has 2 N–H and O–H groups in total. The number of hydrogen-bond acceptors (Lipinski definition) is 4. The van der Waals surface area contributed by atoms with E-state index in [0.717, 1.165) is 64.6 Å². The monoisotopic (exact) mass is 382 g/mol. The van der Waals surface area contributed by atoms with Gasteiger partial charge in [-0.25, -0.2) is 0 Å². The first-order valence-electron chi connectivity index (χ1n) is 10.8. The summed E-state index contributed by atoms with van der Waals surface area (Å²) in [6.45, 7) is 13.1. The van der Waals surface area contributed by atoms with Crippen molar-refractivity contribution in [1.82, 2.24) is 15.5 Å². The van der Waals surface area contributed by atoms with Gasteiger partial charge in [-0.15, -0.1) is 0 Å². The number of nitrogens with one attached hydrogen (secondary N) is 2. The summed E-state index contributed by atoms with van der Waals surface area (Å²) in [6, 6.07) is 0.395. The van der Waals surface area contributed by atoms with Gasteiger partial charge in [0.1, 0.15) is 0 Å². The van der Waals surface area contributed by atoms with Crippen molar-refractivity contribution in [2.75, 3.05) is 47.0 Å². The molecule has 2 atom stereocenters. The van der Waals surface area contributed by atoms with E-state index >= 15 is 0 Å². The highest BCUT2D eigenvalue weighted by Gasteiger charge is 2.49. The smallest absolute Gasteiger partial charge is 0.191 e. The van der Waals surface area contributed by atoms with Crippen LogP contribution in [-0.4, -0.2) is 75.5 Å². The summed E-state index contributed by atoms with van der Waals surface area (Å²) in [5, 5.41) is 7.10. The van der Waals surface area contributed by atoms with Crippen LogP contribution in [0.4, 0.5) is 0 Å². The first kappa shape index (κ1) is 22.4. The molecule has 0 aromatic rings. The lowest BCUT2D eigenvalue weighted by atomic mass is 9.64. The highest BCUT2D eigenvalue weighted by atomic mass is 16.5. The first-order chi connectivity index (χ1) is 12.9. The van der Waals surface area contributed by atoms with E-state index in [4.69, 9.17) is 14.5 Å². The summed E-state index contributed by atoms with van der Waals surface area (Å²) in [4.78, 5) is 7.30. The molecule has 0 aromatic heterocycles. The molecule has 0 radical (unpaired) electrons. The second-order valence-corrected chi connectivity index (χ2v) is 8.89. The molecule has 1 saturated heterocycles. The summed E-state index contributed by atoms with van der Waals surface area (Å²) in [6.07, 6.45) is 5.79. The van der Waals surface area contributed by atoms with Crippen LogP contribution < -0.4 is 10.6 Å². The van der Waals surface area contributed by atoms with Crippen molar-refractivity contribution in [1.29, 1.82) is 0 Å². The maximum atomic E-state index is 6.09. The summed E-state index contributed by atoms with van der Waals surface area (Å²) in [5.41, 5.74) is 0.226. The van der Waals surface area contributed by atoms with Crippen LogP contribution in [0, 0.1) is 5.41 Å². The molecular formula is C21H42N4O2. The van der Waals surface area contributed by atoms with Gasteiger partial charge in [-0.2, -0.15) is 0 Å². The number of aliphatic imine (C=N–C) groups is 1. The topological polar surface area (TPSA) is 58.1 Å². The van der Waals surface area contributed by atoms with E-state index in [1.807, 2.05) is 0 Å². The minimum Gasteiger partial charge on any atom is -0.381 e. The third-order valence-electron chi connectivity index (χ3n) is 6.55. The summed E-state index contributed by atoms with van der Waals surface area (Å²) < 4.78 is 11.7. The lowest BCUT2D eigenvalue weighted by Gasteiger charge is -2.52. The highest BCUT2D eigenvalue weighted by Crippen LogP contribution is 2.42. The summed E-state index contributed by atoms with van der Waals surface area (Å²) >= 11 is 0. The Morgan fingerprint density at radius 2 is 1.93 bits per heavy atom. The van der Waals surface area contributed by atoms with E-state index < -0.39 is 0 Å². The molecule has 2 rings (SSSR count). The average Bonchev–Trinajstić information content (AvgIpc) is 2.65. The Hall–Kier alpha value is -0.850. The lowest BCUT2D eigenvalue weighted by Crippen LogP contribution is -2.63. The van der Waals surface area contributed by atoms with E-state index in [1.165, 1.54) is 6.42 Å². The van der Waals surface area contributed by atoms with Crippen molar-refractivity contribution in [2.24, 2.45) is 10.4 Å². The third-order valence-corrected chi connectivity index (χ3v) is 6.55. The number of hydrogen-bond donors (Lipinski definition) is 2. The maximum absolute atomic E-state index is 6.09. The predicted molar refractivity (Wildman–Crippen MR) is 112 cm³/mol. The molecule has 158 valence electrons. The van der Waals surface area contributed by atoms with E-state index in [9.17, 15) is 0 Å². The van der Waals surface area contributed by atoms with Crippen LogP contribution >= 0.6 is 0 Å². The SMILES string of the molecule is CCCCOC1CC(NC(=NCC2(N(C)C)CCOCC2)NCC)C1(C)C. The number of unbranched alkanes of at least 4 members (excludes halogenated alkanes) is 1. The van der Waals surface area contributed by atoms with Crippen molar-refractivity contribution >= 4 is 5.96 Å². The second kappa shape index (κ2) is 10.1. The van der Waals surface area contributed by atoms with Crippen molar-refractivity contribution < 1.29 is 9.47 Å².